The molecule has 1 aliphatic rings. The molecule has 0 aliphatic carbocycles. The number of hydrogen-bond donors (Lipinski definition) is 1. The number of methoxy groups -OCH3 is 1. The number of carbonyl (C=O) groups is 2. The molecule has 0 atom stereocenters. The maximum absolute atomic E-state index is 12.9. The molecule has 3 aromatic rings. The van der Waals surface area contributed by atoms with Crippen molar-refractivity contribution in [3.63, 3.8) is 0 Å². The minimum absolute atomic E-state index is 0.141. The van der Waals surface area contributed by atoms with Gasteiger partial charge >= 0.3 is 6.03 Å². The monoisotopic (exact) mass is 512 g/mol. The highest BCUT2D eigenvalue weighted by Crippen LogP contribution is 2.38. The van der Waals surface area contributed by atoms with Crippen LogP contribution in [0.5, 0.6) is 11.5 Å². The Labute approximate surface area is 198 Å². The van der Waals surface area contributed by atoms with Crippen LogP contribution in [-0.4, -0.2) is 19.0 Å². The lowest BCUT2D eigenvalue weighted by Crippen LogP contribution is -2.30. The zero-order valence-electron chi connectivity index (χ0n) is 17.0. The van der Waals surface area contributed by atoms with E-state index in [1.54, 1.807) is 42.5 Å². The third kappa shape index (κ3) is 4.64. The average molecular weight is 514 g/mol. The second kappa shape index (κ2) is 9.46. The van der Waals surface area contributed by atoms with Gasteiger partial charge in [0.2, 0.25) is 0 Å². The smallest absolute Gasteiger partial charge is 0.333 e. The highest BCUT2D eigenvalue weighted by molar-refractivity contribution is 9.10. The van der Waals surface area contributed by atoms with E-state index < -0.39 is 11.9 Å². The average Bonchev–Trinajstić information content (AvgIpc) is 3.06. The van der Waals surface area contributed by atoms with E-state index in [1.807, 2.05) is 30.3 Å². The van der Waals surface area contributed by atoms with Crippen molar-refractivity contribution in [3.8, 4) is 11.5 Å². The van der Waals surface area contributed by atoms with Gasteiger partial charge in [0.1, 0.15) is 12.3 Å². The number of benzene rings is 3. The van der Waals surface area contributed by atoms with Crippen LogP contribution in [-0.2, 0) is 11.4 Å². The Kier molecular flexibility index (Phi) is 6.48. The fourth-order valence-electron chi connectivity index (χ4n) is 3.24. The minimum atomic E-state index is -0.544. The number of nitrogens with one attached hydrogen (secondary N) is 1. The third-order valence-electron chi connectivity index (χ3n) is 4.73. The molecule has 8 heteroatoms. The second-order valence-electron chi connectivity index (χ2n) is 6.92. The van der Waals surface area contributed by atoms with Crippen LogP contribution >= 0.6 is 27.5 Å². The Morgan fingerprint density at radius 2 is 1.84 bits per heavy atom. The summed E-state index contributed by atoms with van der Waals surface area (Å²) in [5.74, 6) is 0.559. The summed E-state index contributed by atoms with van der Waals surface area (Å²) in [6.45, 7) is 0.374. The highest BCUT2D eigenvalue weighted by Gasteiger charge is 2.35. The Morgan fingerprint density at radius 1 is 1.06 bits per heavy atom. The van der Waals surface area contributed by atoms with Crippen LogP contribution < -0.4 is 19.7 Å². The SMILES string of the molecule is COc1cc(/C=C2/NC(=O)N(c3cccc(Cl)c3)C2=O)cc(Br)c1OCc1ccccc1. The summed E-state index contributed by atoms with van der Waals surface area (Å²) in [4.78, 5) is 26.3. The highest BCUT2D eigenvalue weighted by atomic mass is 79.9. The topological polar surface area (TPSA) is 67.9 Å². The molecule has 3 aromatic carbocycles. The lowest BCUT2D eigenvalue weighted by atomic mass is 10.1. The molecule has 162 valence electrons. The van der Waals surface area contributed by atoms with Gasteiger partial charge in [0.25, 0.3) is 5.91 Å². The number of rotatable bonds is 6. The van der Waals surface area contributed by atoms with Crippen LogP contribution in [0.1, 0.15) is 11.1 Å². The zero-order chi connectivity index (χ0) is 22.7. The summed E-state index contributed by atoms with van der Waals surface area (Å²) in [7, 11) is 1.54. The van der Waals surface area contributed by atoms with E-state index >= 15 is 0 Å². The molecular weight excluding hydrogens is 496 g/mol. The predicted octanol–water partition coefficient (Wildman–Crippen LogP) is 5.79. The molecule has 0 unspecified atom stereocenters. The summed E-state index contributed by atoms with van der Waals surface area (Å²) in [6, 6.07) is 19.3. The van der Waals surface area contributed by atoms with Crippen molar-refractivity contribution in [2.75, 3.05) is 12.0 Å². The molecule has 1 saturated heterocycles. The van der Waals surface area contributed by atoms with Gasteiger partial charge in [-0.25, -0.2) is 9.69 Å². The maximum Gasteiger partial charge on any atom is 0.333 e. The van der Waals surface area contributed by atoms with Crippen molar-refractivity contribution in [1.82, 2.24) is 5.32 Å². The fourth-order valence-corrected chi connectivity index (χ4v) is 4.00. The number of hydrogen-bond acceptors (Lipinski definition) is 4. The first kappa shape index (κ1) is 21.9. The maximum atomic E-state index is 12.9. The summed E-state index contributed by atoms with van der Waals surface area (Å²) in [6.07, 6.45) is 1.58. The van der Waals surface area contributed by atoms with Crippen LogP contribution in [0.2, 0.25) is 5.02 Å². The van der Waals surface area contributed by atoms with Crippen molar-refractivity contribution in [1.29, 1.82) is 0 Å². The predicted molar refractivity (Wildman–Crippen MR) is 127 cm³/mol. The van der Waals surface area contributed by atoms with E-state index in [1.165, 1.54) is 7.11 Å². The Bertz CT molecular complexity index is 1210. The number of imide groups is 1. The number of urea groups is 1. The first-order valence-electron chi connectivity index (χ1n) is 9.63. The first-order chi connectivity index (χ1) is 15.5. The van der Waals surface area contributed by atoms with E-state index in [9.17, 15) is 9.59 Å². The number of halogens is 2. The molecule has 1 heterocycles. The van der Waals surface area contributed by atoms with Crippen LogP contribution in [0.15, 0.2) is 76.9 Å². The lowest BCUT2D eigenvalue weighted by molar-refractivity contribution is -0.113. The Morgan fingerprint density at radius 3 is 2.56 bits per heavy atom. The Balaban J connectivity index is 1.59. The lowest BCUT2D eigenvalue weighted by Gasteiger charge is -2.14. The van der Waals surface area contributed by atoms with Gasteiger partial charge in [0.05, 0.1) is 17.3 Å². The molecule has 32 heavy (non-hydrogen) atoms. The van der Waals surface area contributed by atoms with Gasteiger partial charge in [-0.05, 0) is 63.5 Å². The fraction of sp³-hybridized carbons (Fsp3) is 0.0833. The molecule has 1 aliphatic heterocycles. The standard InChI is InChI=1S/C24H18BrClN2O4/c1-31-21-12-16(10-19(25)22(21)32-14-15-6-3-2-4-7-15)11-20-23(29)28(24(30)27-20)18-9-5-8-17(26)13-18/h2-13H,14H2,1H3,(H,27,30)/b20-11+. The van der Waals surface area contributed by atoms with E-state index in [-0.39, 0.29) is 5.70 Å². The van der Waals surface area contributed by atoms with Crippen molar-refractivity contribution in [2.45, 2.75) is 6.61 Å². The molecule has 0 spiro atoms. The molecule has 1 N–H and O–H groups in total. The van der Waals surface area contributed by atoms with Gasteiger partial charge in [0.15, 0.2) is 11.5 Å². The summed E-state index contributed by atoms with van der Waals surface area (Å²) in [5, 5.41) is 3.04. The summed E-state index contributed by atoms with van der Waals surface area (Å²) < 4.78 is 12.1. The van der Waals surface area contributed by atoms with Crippen molar-refractivity contribution in [2.24, 2.45) is 0 Å². The van der Waals surface area contributed by atoms with Gasteiger partial charge in [0, 0.05) is 5.02 Å². The number of carbonyl (C=O) groups excluding carboxylic acids is 2. The van der Waals surface area contributed by atoms with Gasteiger partial charge in [-0.1, -0.05) is 48.0 Å². The molecule has 0 bridgehead atoms. The van der Waals surface area contributed by atoms with Gasteiger partial charge in [-0.15, -0.1) is 0 Å². The van der Waals surface area contributed by atoms with Gasteiger partial charge in [-0.2, -0.15) is 0 Å². The van der Waals surface area contributed by atoms with Crippen molar-refractivity contribution >= 4 is 51.2 Å². The Hall–Kier alpha value is -3.29. The number of amides is 3. The molecule has 3 amide bonds. The number of anilines is 1. The minimum Gasteiger partial charge on any atom is -0.493 e. The molecule has 0 aromatic heterocycles. The number of ether oxygens (including phenoxy) is 2. The summed E-state index contributed by atoms with van der Waals surface area (Å²) >= 11 is 9.51. The molecule has 0 saturated carbocycles. The van der Waals surface area contributed by atoms with E-state index in [4.69, 9.17) is 21.1 Å². The third-order valence-corrected chi connectivity index (χ3v) is 5.56. The van der Waals surface area contributed by atoms with Crippen LogP contribution in [0.25, 0.3) is 6.08 Å². The van der Waals surface area contributed by atoms with Crippen LogP contribution in [0, 0.1) is 0 Å². The van der Waals surface area contributed by atoms with Crippen molar-refractivity contribution in [3.05, 3.63) is 93.0 Å². The quantitative estimate of drug-likeness (QED) is 0.335. The number of nitrogens with zero attached hydrogens (tertiary/aromatic N) is 1. The second-order valence-corrected chi connectivity index (χ2v) is 8.21. The summed E-state index contributed by atoms with van der Waals surface area (Å²) in [5.41, 5.74) is 2.21. The van der Waals surface area contributed by atoms with E-state index in [0.29, 0.717) is 38.9 Å². The van der Waals surface area contributed by atoms with Gasteiger partial charge in [-0.3, -0.25) is 4.79 Å². The van der Waals surface area contributed by atoms with Crippen molar-refractivity contribution < 1.29 is 19.1 Å². The largest absolute Gasteiger partial charge is 0.493 e. The molecular formula is C24H18BrClN2O4. The molecule has 6 nitrogen and oxygen atoms in total. The van der Waals surface area contributed by atoms with Crippen LogP contribution in [0.3, 0.4) is 0 Å². The van der Waals surface area contributed by atoms with E-state index in [0.717, 1.165) is 10.5 Å². The molecule has 0 radical (unpaired) electrons. The normalized spacial score (nSPS) is 14.6. The molecule has 4 rings (SSSR count). The van der Waals surface area contributed by atoms with Crippen LogP contribution in [0.4, 0.5) is 10.5 Å². The van der Waals surface area contributed by atoms with Gasteiger partial charge < -0.3 is 14.8 Å². The zero-order valence-corrected chi connectivity index (χ0v) is 19.3. The van der Waals surface area contributed by atoms with E-state index in [2.05, 4.69) is 21.2 Å². The molecule has 1 fully saturated rings. The first-order valence-corrected chi connectivity index (χ1v) is 10.8.